The van der Waals surface area contributed by atoms with Crippen LogP contribution in [0, 0.1) is 34.5 Å². The van der Waals surface area contributed by atoms with E-state index in [4.69, 9.17) is 9.47 Å². The van der Waals surface area contributed by atoms with E-state index in [1.54, 1.807) is 5.57 Å². The maximum absolute atomic E-state index is 10.3. The second kappa shape index (κ2) is 11.6. The van der Waals surface area contributed by atoms with E-state index >= 15 is 0 Å². The number of benzene rings is 1. The zero-order chi connectivity index (χ0) is 26.8. The van der Waals surface area contributed by atoms with Crippen LogP contribution in [0.15, 0.2) is 59.9 Å². The van der Waals surface area contributed by atoms with Gasteiger partial charge < -0.3 is 14.6 Å². The molecule has 3 saturated carbocycles. The molecule has 38 heavy (non-hydrogen) atoms. The van der Waals surface area contributed by atoms with Crippen LogP contribution < -0.4 is 4.74 Å². The van der Waals surface area contributed by atoms with Gasteiger partial charge in [0.05, 0.1) is 12.7 Å². The fourth-order valence-electron chi connectivity index (χ4n) is 9.03. The van der Waals surface area contributed by atoms with Crippen LogP contribution in [0.3, 0.4) is 0 Å². The predicted octanol–water partition coefficient (Wildman–Crippen LogP) is 8.78. The average molecular weight is 519 g/mol. The predicted molar refractivity (Wildman–Crippen MR) is 156 cm³/mol. The molecule has 0 spiro atoms. The quantitative estimate of drug-likeness (QED) is 0.154. The number of ether oxygens (including phenoxy) is 2. The Morgan fingerprint density at radius 1 is 1.08 bits per heavy atom. The minimum atomic E-state index is -0.108. The highest BCUT2D eigenvalue weighted by Gasteiger charge is 2.58. The van der Waals surface area contributed by atoms with E-state index in [0.29, 0.717) is 17.4 Å². The van der Waals surface area contributed by atoms with E-state index in [0.717, 1.165) is 66.6 Å². The molecule has 4 aliphatic rings. The van der Waals surface area contributed by atoms with Crippen LogP contribution in [0.1, 0.15) is 97.5 Å². The summed E-state index contributed by atoms with van der Waals surface area (Å²) in [6, 6.07) is 8.35. The molecule has 1 N–H and O–H groups in total. The van der Waals surface area contributed by atoms with Crippen LogP contribution >= 0.6 is 0 Å². The Kier molecular flexibility index (Phi) is 8.43. The molecule has 3 nitrogen and oxygen atoms in total. The summed E-state index contributed by atoms with van der Waals surface area (Å²) in [7, 11) is 0. The summed E-state index contributed by atoms with van der Waals surface area (Å²) in [6.45, 7) is 10.5. The van der Waals surface area contributed by atoms with Crippen molar-refractivity contribution in [2.45, 2.75) is 105 Å². The van der Waals surface area contributed by atoms with Gasteiger partial charge in [-0.25, -0.2) is 0 Å². The first-order chi connectivity index (χ1) is 18.4. The molecule has 7 atom stereocenters. The zero-order valence-corrected chi connectivity index (χ0v) is 24.3. The second-order valence-electron chi connectivity index (χ2n) is 13.1. The van der Waals surface area contributed by atoms with Crippen molar-refractivity contribution in [3.8, 4) is 5.75 Å². The summed E-state index contributed by atoms with van der Waals surface area (Å²) in [4.78, 5) is 0. The van der Waals surface area contributed by atoms with Crippen molar-refractivity contribution in [1.29, 1.82) is 0 Å². The highest BCUT2D eigenvalue weighted by Crippen LogP contribution is 2.66. The Bertz CT molecular complexity index is 1050. The largest absolute Gasteiger partial charge is 0.494 e. The fraction of sp³-hybridized carbons (Fsp3) is 0.657. The third-order valence-electron chi connectivity index (χ3n) is 11.2. The Labute approximate surface area is 231 Å². The van der Waals surface area contributed by atoms with Gasteiger partial charge >= 0.3 is 0 Å². The highest BCUT2D eigenvalue weighted by molar-refractivity contribution is 5.28. The number of aliphatic hydroxyl groups excluding tert-OH is 1. The molecule has 208 valence electrons. The van der Waals surface area contributed by atoms with Gasteiger partial charge in [0.1, 0.15) is 18.1 Å². The summed E-state index contributed by atoms with van der Waals surface area (Å²) >= 11 is 0. The van der Waals surface area contributed by atoms with E-state index in [1.165, 1.54) is 44.9 Å². The first-order valence-corrected chi connectivity index (χ1v) is 15.4. The normalized spacial score (nSPS) is 36.8. The molecular weight excluding hydrogens is 468 g/mol. The van der Waals surface area contributed by atoms with Crippen molar-refractivity contribution in [3.05, 3.63) is 65.5 Å². The number of allylic oxidation sites excluding steroid dienone is 4. The lowest BCUT2D eigenvalue weighted by atomic mass is 9.47. The maximum Gasteiger partial charge on any atom is 0.119 e. The molecule has 1 aromatic carbocycles. The molecule has 0 aromatic heterocycles. The topological polar surface area (TPSA) is 38.7 Å². The third kappa shape index (κ3) is 5.37. The van der Waals surface area contributed by atoms with Crippen LogP contribution in [0.2, 0.25) is 0 Å². The molecule has 0 saturated heterocycles. The molecular formula is C35H50O3. The minimum absolute atomic E-state index is 0.108. The molecule has 5 rings (SSSR count). The molecule has 0 heterocycles. The summed E-state index contributed by atoms with van der Waals surface area (Å²) in [5, 5.41) is 10.3. The Morgan fingerprint density at radius 2 is 1.95 bits per heavy atom. The first kappa shape index (κ1) is 27.6. The van der Waals surface area contributed by atoms with Crippen molar-refractivity contribution >= 4 is 0 Å². The molecule has 0 radical (unpaired) electrons. The maximum atomic E-state index is 10.3. The smallest absolute Gasteiger partial charge is 0.119 e. The molecule has 4 aliphatic carbocycles. The van der Waals surface area contributed by atoms with Crippen LogP contribution in [-0.4, -0.2) is 17.8 Å². The molecule has 3 fully saturated rings. The number of fused-ring (bicyclic) bond motifs is 5. The average Bonchev–Trinajstić information content (AvgIpc) is 3.26. The Hall–Kier alpha value is -2.00. The zero-order valence-electron chi connectivity index (χ0n) is 24.3. The van der Waals surface area contributed by atoms with Crippen molar-refractivity contribution in [2.75, 3.05) is 6.61 Å². The van der Waals surface area contributed by atoms with E-state index in [2.05, 4.69) is 44.2 Å². The van der Waals surface area contributed by atoms with Crippen LogP contribution in [0.25, 0.3) is 0 Å². The van der Waals surface area contributed by atoms with E-state index in [-0.39, 0.29) is 6.10 Å². The van der Waals surface area contributed by atoms with Crippen LogP contribution in [0.4, 0.5) is 0 Å². The monoisotopic (exact) mass is 518 g/mol. The summed E-state index contributed by atoms with van der Waals surface area (Å²) in [5.74, 6) is 5.22. The lowest BCUT2D eigenvalue weighted by Gasteiger charge is -2.58. The molecule has 1 aromatic rings. The van der Waals surface area contributed by atoms with E-state index < -0.39 is 0 Å². The lowest BCUT2D eigenvalue weighted by Crippen LogP contribution is -2.50. The standard InChI is InChI=1S/C35H50O3/c1-5-9-29(6-2)38-24-25-10-7-12-30(22-25)37-21-8-11-26-14-16-32-31-15-13-27-23-28(36)17-19-35(27,4)33(31)18-20-34(26,32)3/h5-7,9-10,12-13,22,26,28,31-33,36H,8,11,14-21,23-24H2,1-4H3/b9-5-,29-6+/t26?,28-,31?,32?,33?,34?,35?/m0/s1. The van der Waals surface area contributed by atoms with Gasteiger partial charge in [0, 0.05) is 0 Å². The van der Waals surface area contributed by atoms with Gasteiger partial charge in [0.15, 0.2) is 0 Å². The number of hydrogen-bond donors (Lipinski definition) is 1. The lowest BCUT2D eigenvalue weighted by molar-refractivity contribution is -0.0510. The van der Waals surface area contributed by atoms with Crippen LogP contribution in [0.5, 0.6) is 5.75 Å². The fourth-order valence-corrected chi connectivity index (χ4v) is 9.03. The summed E-state index contributed by atoms with van der Waals surface area (Å²) < 4.78 is 12.1. The molecule has 3 heteroatoms. The first-order valence-electron chi connectivity index (χ1n) is 15.4. The SMILES string of the molecule is C/C=C\C(=C/C)OCc1cccc(OCCCC2CCC3C4CC=C5C[C@@H](O)CCC5(C)C4CCC23C)c1. The van der Waals surface area contributed by atoms with Crippen molar-refractivity contribution in [2.24, 2.45) is 34.5 Å². The minimum Gasteiger partial charge on any atom is -0.494 e. The van der Waals surface area contributed by atoms with E-state index in [1.807, 2.05) is 32.1 Å². The number of aliphatic hydroxyl groups is 1. The van der Waals surface area contributed by atoms with Crippen molar-refractivity contribution in [3.63, 3.8) is 0 Å². The van der Waals surface area contributed by atoms with E-state index in [9.17, 15) is 5.11 Å². The van der Waals surface area contributed by atoms with Crippen molar-refractivity contribution in [1.82, 2.24) is 0 Å². The third-order valence-corrected chi connectivity index (χ3v) is 11.2. The van der Waals surface area contributed by atoms with Crippen molar-refractivity contribution < 1.29 is 14.6 Å². The van der Waals surface area contributed by atoms with Gasteiger partial charge in [-0.2, -0.15) is 0 Å². The molecule has 6 unspecified atom stereocenters. The number of hydrogen-bond acceptors (Lipinski definition) is 3. The van der Waals surface area contributed by atoms with Crippen LogP contribution in [-0.2, 0) is 11.3 Å². The van der Waals surface area contributed by atoms with Gasteiger partial charge in [-0.15, -0.1) is 0 Å². The summed E-state index contributed by atoms with van der Waals surface area (Å²) in [5.41, 5.74) is 3.56. The summed E-state index contributed by atoms with van der Waals surface area (Å²) in [6.07, 6.45) is 20.8. The van der Waals surface area contributed by atoms with Gasteiger partial charge in [-0.1, -0.05) is 43.7 Å². The second-order valence-corrected chi connectivity index (χ2v) is 13.1. The van der Waals surface area contributed by atoms with Gasteiger partial charge in [0.2, 0.25) is 0 Å². The van der Waals surface area contributed by atoms with Gasteiger partial charge in [-0.3, -0.25) is 0 Å². The van der Waals surface area contributed by atoms with Gasteiger partial charge in [-0.05, 0) is 142 Å². The Morgan fingerprint density at radius 3 is 2.76 bits per heavy atom. The molecule has 0 amide bonds. The molecule has 0 bridgehead atoms. The Balaban J connectivity index is 1.13. The molecule has 0 aliphatic heterocycles. The highest BCUT2D eigenvalue weighted by atomic mass is 16.5. The van der Waals surface area contributed by atoms with Gasteiger partial charge in [0.25, 0.3) is 0 Å². The number of rotatable bonds is 9.